The molecule has 1 aromatic carbocycles. The second-order valence-corrected chi connectivity index (χ2v) is 5.66. The smallest absolute Gasteiger partial charge is 0.102 e. The summed E-state index contributed by atoms with van der Waals surface area (Å²) in [6, 6.07) is 7.87. The van der Waals surface area contributed by atoms with Crippen molar-refractivity contribution in [3.05, 3.63) is 28.8 Å². The van der Waals surface area contributed by atoms with Crippen LogP contribution in [0.5, 0.6) is 0 Å². The van der Waals surface area contributed by atoms with Crippen LogP contribution in [0.2, 0.25) is 5.02 Å². The number of nitrogens with zero attached hydrogens (tertiary/aromatic N) is 1. The van der Waals surface area contributed by atoms with Gasteiger partial charge in [-0.15, -0.1) is 11.8 Å². The second-order valence-electron chi connectivity index (χ2n) is 4.19. The lowest BCUT2D eigenvalue weighted by molar-refractivity contribution is 0.623. The Bertz CT molecular complexity index is 405. The van der Waals surface area contributed by atoms with Gasteiger partial charge in [0.1, 0.15) is 6.07 Å². The molecule has 0 unspecified atom stereocenters. The summed E-state index contributed by atoms with van der Waals surface area (Å²) < 4.78 is 0. The first-order valence-electron chi connectivity index (χ1n) is 5.62. The number of thioether (sulfide) groups is 1. The van der Waals surface area contributed by atoms with Gasteiger partial charge >= 0.3 is 0 Å². The van der Waals surface area contributed by atoms with Crippen LogP contribution >= 0.6 is 23.4 Å². The number of nitriles is 1. The van der Waals surface area contributed by atoms with E-state index in [1.165, 1.54) is 25.7 Å². The Labute approximate surface area is 106 Å². The summed E-state index contributed by atoms with van der Waals surface area (Å²) in [5.74, 6) is 1.95. The van der Waals surface area contributed by atoms with E-state index in [1.807, 2.05) is 12.1 Å². The standard InChI is InChI=1S/C13H14ClNS/c14-12-6-3-7-13(11(12)8-15)16-9-10-4-1-2-5-10/h3,6-7,10H,1-2,4-5,9H2. The summed E-state index contributed by atoms with van der Waals surface area (Å²) in [4.78, 5) is 1.03. The molecule has 0 aliphatic heterocycles. The van der Waals surface area contributed by atoms with Crippen LogP contribution in [0.4, 0.5) is 0 Å². The van der Waals surface area contributed by atoms with E-state index in [0.29, 0.717) is 10.6 Å². The molecule has 1 saturated carbocycles. The lowest BCUT2D eigenvalue weighted by atomic mass is 10.1. The average molecular weight is 252 g/mol. The molecule has 0 aromatic heterocycles. The molecule has 1 aliphatic carbocycles. The van der Waals surface area contributed by atoms with E-state index in [0.717, 1.165) is 16.6 Å². The van der Waals surface area contributed by atoms with Gasteiger partial charge in [0.05, 0.1) is 10.6 Å². The minimum Gasteiger partial charge on any atom is -0.192 e. The lowest BCUT2D eigenvalue weighted by Gasteiger charge is -2.09. The first-order valence-corrected chi connectivity index (χ1v) is 6.99. The highest BCUT2D eigenvalue weighted by Gasteiger charge is 2.16. The van der Waals surface area contributed by atoms with E-state index in [-0.39, 0.29) is 0 Å². The molecule has 0 radical (unpaired) electrons. The van der Waals surface area contributed by atoms with E-state index in [2.05, 4.69) is 6.07 Å². The molecular weight excluding hydrogens is 238 g/mol. The van der Waals surface area contributed by atoms with Gasteiger partial charge in [-0.25, -0.2) is 0 Å². The van der Waals surface area contributed by atoms with E-state index >= 15 is 0 Å². The van der Waals surface area contributed by atoms with Gasteiger partial charge in [-0.05, 0) is 30.9 Å². The van der Waals surface area contributed by atoms with Gasteiger partial charge in [0.15, 0.2) is 0 Å². The monoisotopic (exact) mass is 251 g/mol. The molecule has 84 valence electrons. The molecule has 0 bridgehead atoms. The molecule has 1 aliphatic rings. The molecule has 0 atom stereocenters. The minimum atomic E-state index is 0.568. The van der Waals surface area contributed by atoms with Crippen molar-refractivity contribution in [3.8, 4) is 6.07 Å². The van der Waals surface area contributed by atoms with Crippen LogP contribution in [0.1, 0.15) is 31.2 Å². The number of benzene rings is 1. The van der Waals surface area contributed by atoms with Crippen molar-refractivity contribution in [2.45, 2.75) is 30.6 Å². The van der Waals surface area contributed by atoms with Gasteiger partial charge in [0.25, 0.3) is 0 Å². The maximum atomic E-state index is 9.04. The van der Waals surface area contributed by atoms with Crippen molar-refractivity contribution < 1.29 is 0 Å². The van der Waals surface area contributed by atoms with Crippen LogP contribution < -0.4 is 0 Å². The molecule has 0 saturated heterocycles. The Hall–Kier alpha value is -0.650. The van der Waals surface area contributed by atoms with E-state index in [4.69, 9.17) is 16.9 Å². The molecule has 0 heterocycles. The minimum absolute atomic E-state index is 0.568. The number of halogens is 1. The third kappa shape index (κ3) is 2.72. The maximum absolute atomic E-state index is 9.04. The summed E-state index contributed by atoms with van der Waals surface area (Å²) in [6.45, 7) is 0. The normalized spacial score (nSPS) is 16.2. The fourth-order valence-electron chi connectivity index (χ4n) is 2.12. The number of rotatable bonds is 3. The predicted octanol–water partition coefficient (Wildman–Crippen LogP) is 4.49. The van der Waals surface area contributed by atoms with E-state index in [1.54, 1.807) is 17.8 Å². The SMILES string of the molecule is N#Cc1c(Cl)cccc1SCC1CCCC1. The highest BCUT2D eigenvalue weighted by Crippen LogP contribution is 2.33. The summed E-state index contributed by atoms with van der Waals surface area (Å²) >= 11 is 7.77. The molecule has 1 nitrogen and oxygen atoms in total. The van der Waals surface area contributed by atoms with Crippen LogP contribution in [-0.4, -0.2) is 5.75 Å². The number of hydrogen-bond acceptors (Lipinski definition) is 2. The first kappa shape index (κ1) is 11.8. The largest absolute Gasteiger partial charge is 0.192 e. The summed E-state index contributed by atoms with van der Waals surface area (Å²) in [5, 5.41) is 9.61. The van der Waals surface area contributed by atoms with Gasteiger partial charge in [-0.2, -0.15) is 5.26 Å². The van der Waals surface area contributed by atoms with Gasteiger partial charge < -0.3 is 0 Å². The third-order valence-corrected chi connectivity index (χ3v) is 4.64. The molecule has 1 aromatic rings. The maximum Gasteiger partial charge on any atom is 0.102 e. The van der Waals surface area contributed by atoms with Crippen LogP contribution in [-0.2, 0) is 0 Å². The fourth-order valence-corrected chi connectivity index (χ4v) is 3.61. The zero-order valence-corrected chi connectivity index (χ0v) is 10.7. The van der Waals surface area contributed by atoms with Gasteiger partial charge in [-0.3, -0.25) is 0 Å². The van der Waals surface area contributed by atoms with E-state index in [9.17, 15) is 0 Å². The topological polar surface area (TPSA) is 23.8 Å². The van der Waals surface area contributed by atoms with Crippen molar-refractivity contribution in [3.63, 3.8) is 0 Å². The molecule has 2 rings (SSSR count). The lowest BCUT2D eigenvalue weighted by Crippen LogP contribution is -1.97. The van der Waals surface area contributed by atoms with Crippen molar-refractivity contribution in [2.24, 2.45) is 5.92 Å². The van der Waals surface area contributed by atoms with Gasteiger partial charge in [0, 0.05) is 10.6 Å². The molecule has 0 amide bonds. The zero-order valence-electron chi connectivity index (χ0n) is 9.08. The number of hydrogen-bond donors (Lipinski definition) is 0. The fraction of sp³-hybridized carbons (Fsp3) is 0.462. The highest BCUT2D eigenvalue weighted by molar-refractivity contribution is 7.99. The Morgan fingerprint density at radius 2 is 2.12 bits per heavy atom. The Morgan fingerprint density at radius 3 is 2.81 bits per heavy atom. The van der Waals surface area contributed by atoms with Crippen LogP contribution in [0.25, 0.3) is 0 Å². The summed E-state index contributed by atoms with van der Waals surface area (Å²) in [7, 11) is 0. The Morgan fingerprint density at radius 1 is 1.38 bits per heavy atom. The highest BCUT2D eigenvalue weighted by atomic mass is 35.5. The van der Waals surface area contributed by atoms with Crippen LogP contribution in [0.3, 0.4) is 0 Å². The summed E-state index contributed by atoms with van der Waals surface area (Å²) in [6.07, 6.45) is 5.42. The second kappa shape index (κ2) is 5.61. The molecule has 0 N–H and O–H groups in total. The molecular formula is C13H14ClNS. The van der Waals surface area contributed by atoms with E-state index < -0.39 is 0 Å². The zero-order chi connectivity index (χ0) is 11.4. The average Bonchev–Trinajstić information content (AvgIpc) is 2.79. The van der Waals surface area contributed by atoms with Crippen LogP contribution in [0, 0.1) is 17.2 Å². The summed E-state index contributed by atoms with van der Waals surface area (Å²) in [5.41, 5.74) is 0.632. The third-order valence-electron chi connectivity index (χ3n) is 3.04. The van der Waals surface area contributed by atoms with Crippen molar-refractivity contribution in [1.29, 1.82) is 5.26 Å². The Balaban J connectivity index is 2.03. The Kier molecular flexibility index (Phi) is 4.15. The van der Waals surface area contributed by atoms with Crippen molar-refractivity contribution in [2.75, 3.05) is 5.75 Å². The quantitative estimate of drug-likeness (QED) is 0.739. The molecule has 3 heteroatoms. The van der Waals surface area contributed by atoms with Crippen molar-refractivity contribution in [1.82, 2.24) is 0 Å². The molecule has 0 spiro atoms. The molecule has 1 fully saturated rings. The van der Waals surface area contributed by atoms with Gasteiger partial charge in [-0.1, -0.05) is 30.5 Å². The first-order chi connectivity index (χ1) is 7.81. The van der Waals surface area contributed by atoms with Gasteiger partial charge in [0.2, 0.25) is 0 Å². The molecule has 16 heavy (non-hydrogen) atoms. The van der Waals surface area contributed by atoms with Crippen molar-refractivity contribution >= 4 is 23.4 Å². The predicted molar refractivity (Wildman–Crippen MR) is 68.8 cm³/mol. The van der Waals surface area contributed by atoms with Crippen LogP contribution in [0.15, 0.2) is 23.1 Å².